The predicted octanol–water partition coefficient (Wildman–Crippen LogP) is 1.50. The molecule has 4 heteroatoms. The van der Waals surface area contributed by atoms with Crippen molar-refractivity contribution < 1.29 is 4.79 Å². The zero-order valence-corrected chi connectivity index (χ0v) is 9.07. The van der Waals surface area contributed by atoms with Gasteiger partial charge < -0.3 is 10.6 Å². The number of aliphatic imine (C=N–C) groups is 1. The summed E-state index contributed by atoms with van der Waals surface area (Å²) in [6, 6.07) is 0.326. The minimum absolute atomic E-state index is 0.0937. The molecule has 0 saturated heterocycles. The average molecular weight is 207 g/mol. The molecule has 2 atom stereocenters. The molecule has 0 radical (unpaired) electrons. The summed E-state index contributed by atoms with van der Waals surface area (Å²) in [7, 11) is 0. The lowest BCUT2D eigenvalue weighted by Crippen LogP contribution is -2.56. The summed E-state index contributed by atoms with van der Waals surface area (Å²) >= 11 is 0. The van der Waals surface area contributed by atoms with Gasteiger partial charge in [0.2, 0.25) is 0 Å². The van der Waals surface area contributed by atoms with Crippen molar-refractivity contribution >= 4 is 11.9 Å². The van der Waals surface area contributed by atoms with Crippen molar-refractivity contribution in [2.75, 3.05) is 0 Å². The Morgan fingerprint density at radius 1 is 1.47 bits per heavy atom. The lowest BCUT2D eigenvalue weighted by Gasteiger charge is -2.38. The second-order valence-corrected chi connectivity index (χ2v) is 5.10. The second-order valence-electron chi connectivity index (χ2n) is 5.10. The molecule has 2 fully saturated rings. The predicted molar refractivity (Wildman–Crippen MR) is 57.6 cm³/mol. The quantitative estimate of drug-likeness (QED) is 0.708. The lowest BCUT2D eigenvalue weighted by molar-refractivity contribution is 0.145. The summed E-state index contributed by atoms with van der Waals surface area (Å²) in [6.07, 6.45) is 5.58. The molecular weight excluding hydrogens is 190 g/mol. The van der Waals surface area contributed by atoms with E-state index in [9.17, 15) is 4.79 Å². The number of rotatable bonds is 1. The van der Waals surface area contributed by atoms with Crippen LogP contribution in [0.3, 0.4) is 0 Å². The topological polar surface area (TPSA) is 58.7 Å². The maximum atomic E-state index is 11.8. The first-order valence-electron chi connectivity index (χ1n) is 5.84. The van der Waals surface area contributed by atoms with Gasteiger partial charge in [-0.15, -0.1) is 0 Å². The van der Waals surface area contributed by atoms with E-state index >= 15 is 0 Å². The van der Waals surface area contributed by atoms with Crippen molar-refractivity contribution in [3.8, 4) is 0 Å². The van der Waals surface area contributed by atoms with E-state index in [0.29, 0.717) is 17.8 Å². The fourth-order valence-corrected chi connectivity index (χ4v) is 3.26. The Labute approximate surface area is 89.5 Å². The highest BCUT2D eigenvalue weighted by molar-refractivity contribution is 6.06. The fourth-order valence-electron chi connectivity index (χ4n) is 3.26. The van der Waals surface area contributed by atoms with Crippen LogP contribution in [-0.2, 0) is 0 Å². The minimum atomic E-state index is -0.210. The maximum Gasteiger partial charge on any atom is 0.346 e. The molecule has 1 spiro atoms. The highest BCUT2D eigenvalue weighted by Crippen LogP contribution is 2.48. The molecule has 15 heavy (non-hydrogen) atoms. The normalized spacial score (nSPS) is 40.3. The first kappa shape index (κ1) is 9.19. The Morgan fingerprint density at radius 2 is 2.20 bits per heavy atom. The summed E-state index contributed by atoms with van der Waals surface area (Å²) in [4.78, 5) is 17.8. The number of nitrogens with zero attached hydrogens (tertiary/aromatic N) is 2. The average Bonchev–Trinajstić information content (AvgIpc) is 2.87. The van der Waals surface area contributed by atoms with E-state index in [1.807, 2.05) is 4.90 Å². The Kier molecular flexibility index (Phi) is 1.68. The molecule has 0 aromatic rings. The number of carbonyl (C=O) groups excluding carboxylic acids is 1. The largest absolute Gasteiger partial charge is 0.385 e. The molecule has 0 aromatic carbocycles. The molecule has 3 aliphatic rings. The van der Waals surface area contributed by atoms with Crippen molar-refractivity contribution in [1.29, 1.82) is 0 Å². The molecule has 2 N–H and O–H groups in total. The molecular formula is C11H17N3O. The van der Waals surface area contributed by atoms with Crippen LogP contribution < -0.4 is 5.73 Å². The molecule has 2 unspecified atom stereocenters. The second kappa shape index (κ2) is 2.74. The summed E-state index contributed by atoms with van der Waals surface area (Å²) in [5, 5.41) is 0. The van der Waals surface area contributed by atoms with Crippen LogP contribution in [0.25, 0.3) is 0 Å². The summed E-state index contributed by atoms with van der Waals surface area (Å²) in [6.45, 7) is 2.20. The van der Waals surface area contributed by atoms with Gasteiger partial charge in [-0.2, -0.15) is 4.99 Å². The molecule has 82 valence electrons. The highest BCUT2D eigenvalue weighted by Gasteiger charge is 2.57. The van der Waals surface area contributed by atoms with E-state index in [0.717, 1.165) is 32.1 Å². The number of amides is 2. The van der Waals surface area contributed by atoms with Gasteiger partial charge in [0.25, 0.3) is 0 Å². The van der Waals surface area contributed by atoms with Crippen molar-refractivity contribution in [2.45, 2.75) is 50.6 Å². The van der Waals surface area contributed by atoms with Crippen LogP contribution in [0.4, 0.5) is 4.79 Å². The van der Waals surface area contributed by atoms with Crippen LogP contribution in [0.2, 0.25) is 0 Å². The molecule has 0 aromatic heterocycles. The molecule has 1 aliphatic heterocycles. The number of hydrogen-bond donors (Lipinski definition) is 1. The van der Waals surface area contributed by atoms with Crippen molar-refractivity contribution in [2.24, 2.45) is 16.6 Å². The number of nitrogens with two attached hydrogens (primary N) is 1. The van der Waals surface area contributed by atoms with Crippen molar-refractivity contribution in [1.82, 2.24) is 4.90 Å². The van der Waals surface area contributed by atoms with Crippen molar-refractivity contribution in [3.63, 3.8) is 0 Å². The monoisotopic (exact) mass is 207 g/mol. The van der Waals surface area contributed by atoms with Gasteiger partial charge in [0.1, 0.15) is 11.4 Å². The molecule has 1 heterocycles. The third kappa shape index (κ3) is 1.02. The van der Waals surface area contributed by atoms with E-state index < -0.39 is 0 Å². The minimum Gasteiger partial charge on any atom is -0.385 e. The van der Waals surface area contributed by atoms with Gasteiger partial charge in [-0.05, 0) is 31.6 Å². The Bertz CT molecular complexity index is 348. The number of hydrogen-bond acceptors (Lipinski definition) is 2. The van der Waals surface area contributed by atoms with Gasteiger partial charge in [-0.3, -0.25) is 0 Å². The highest BCUT2D eigenvalue weighted by atomic mass is 16.2. The first-order chi connectivity index (χ1) is 7.16. The van der Waals surface area contributed by atoms with E-state index in [1.165, 1.54) is 0 Å². The third-order valence-electron chi connectivity index (χ3n) is 4.22. The first-order valence-corrected chi connectivity index (χ1v) is 5.84. The Hall–Kier alpha value is -1.06. The van der Waals surface area contributed by atoms with Crippen LogP contribution in [0.15, 0.2) is 4.99 Å². The van der Waals surface area contributed by atoms with Gasteiger partial charge in [0.05, 0.1) is 0 Å². The zero-order valence-electron chi connectivity index (χ0n) is 9.07. The summed E-state index contributed by atoms with van der Waals surface area (Å²) in [5.41, 5.74) is 5.79. The Morgan fingerprint density at radius 3 is 2.73 bits per heavy atom. The van der Waals surface area contributed by atoms with E-state index in [4.69, 9.17) is 5.73 Å². The molecule has 0 bridgehead atoms. The van der Waals surface area contributed by atoms with Crippen LogP contribution in [0, 0.1) is 5.92 Å². The number of amidine groups is 1. The van der Waals surface area contributed by atoms with E-state index in [1.54, 1.807) is 0 Å². The van der Waals surface area contributed by atoms with Gasteiger partial charge in [0, 0.05) is 6.04 Å². The van der Waals surface area contributed by atoms with Crippen LogP contribution in [0.5, 0.6) is 0 Å². The fraction of sp³-hybridized carbons (Fsp3) is 0.818. The number of carbonyl (C=O) groups is 1. The van der Waals surface area contributed by atoms with E-state index in [2.05, 4.69) is 11.9 Å². The van der Waals surface area contributed by atoms with Crippen LogP contribution in [0.1, 0.15) is 39.0 Å². The van der Waals surface area contributed by atoms with Crippen molar-refractivity contribution in [3.05, 3.63) is 0 Å². The molecule has 2 amide bonds. The SMILES string of the molecule is CC1CCCC12C(N)=NC(=O)N2C1CC1. The smallest absolute Gasteiger partial charge is 0.346 e. The number of urea groups is 1. The third-order valence-corrected chi connectivity index (χ3v) is 4.22. The van der Waals surface area contributed by atoms with Gasteiger partial charge in [-0.1, -0.05) is 13.3 Å². The maximum absolute atomic E-state index is 11.8. The van der Waals surface area contributed by atoms with Crippen LogP contribution in [-0.4, -0.2) is 28.3 Å². The molecule has 2 saturated carbocycles. The standard InChI is InChI=1S/C11H17N3O/c1-7-3-2-6-11(7)9(12)13-10(15)14(11)8-4-5-8/h7-8H,2-6H2,1H3,(H2,12,13,15). The molecule has 3 rings (SSSR count). The summed E-state index contributed by atoms with van der Waals surface area (Å²) in [5.74, 6) is 1.04. The summed E-state index contributed by atoms with van der Waals surface area (Å²) < 4.78 is 0. The lowest BCUT2D eigenvalue weighted by atomic mass is 9.86. The molecule has 2 aliphatic carbocycles. The Balaban J connectivity index is 2.03. The van der Waals surface area contributed by atoms with Gasteiger partial charge in [0.15, 0.2) is 0 Å². The van der Waals surface area contributed by atoms with Crippen LogP contribution >= 0.6 is 0 Å². The van der Waals surface area contributed by atoms with Gasteiger partial charge >= 0.3 is 6.03 Å². The van der Waals surface area contributed by atoms with Gasteiger partial charge in [-0.25, -0.2) is 4.79 Å². The molecule has 4 nitrogen and oxygen atoms in total. The zero-order chi connectivity index (χ0) is 10.6. The van der Waals surface area contributed by atoms with E-state index in [-0.39, 0.29) is 11.6 Å².